The van der Waals surface area contributed by atoms with E-state index in [9.17, 15) is 4.39 Å². The van der Waals surface area contributed by atoms with Crippen LogP contribution in [0, 0.1) is 5.82 Å². The molecule has 0 fully saturated rings. The molecule has 68 valence electrons. The van der Waals surface area contributed by atoms with Crippen LogP contribution in [0.25, 0.3) is 0 Å². The molecule has 0 saturated heterocycles. The van der Waals surface area contributed by atoms with Gasteiger partial charge in [-0.25, -0.2) is 4.39 Å². The highest BCUT2D eigenvalue weighted by Gasteiger charge is 2.01. The minimum atomic E-state index is -0.445. The number of hydrogen-bond donors (Lipinski definition) is 1. The zero-order chi connectivity index (χ0) is 9.56. The number of nitrogen functional groups attached to an aromatic ring is 1. The van der Waals surface area contributed by atoms with Gasteiger partial charge >= 0.3 is 0 Å². The predicted molar refractivity (Wildman–Crippen MR) is 48.7 cm³/mol. The lowest BCUT2D eigenvalue weighted by Gasteiger charge is -2.02. The molecule has 0 aromatic heterocycles. The SMILES string of the molecule is CC.COc1cccc(F)c1N. The Balaban J connectivity index is 0.000000561. The average Bonchev–Trinajstić information content (AvgIpc) is 2.13. The molecule has 0 amide bonds. The first-order chi connectivity index (χ1) is 5.75. The van der Waals surface area contributed by atoms with Gasteiger partial charge in [0, 0.05) is 0 Å². The first-order valence-electron chi connectivity index (χ1n) is 3.83. The third-order valence-electron chi connectivity index (χ3n) is 1.23. The summed E-state index contributed by atoms with van der Waals surface area (Å²) in [6.45, 7) is 4.00. The first kappa shape index (κ1) is 10.8. The quantitative estimate of drug-likeness (QED) is 0.659. The Morgan fingerprint density at radius 3 is 2.33 bits per heavy atom. The maximum atomic E-state index is 12.6. The second-order valence-electron chi connectivity index (χ2n) is 1.86. The number of hydrogen-bond acceptors (Lipinski definition) is 2. The molecule has 2 nitrogen and oxygen atoms in total. The molecule has 0 atom stereocenters. The number of ether oxygens (including phenoxy) is 1. The standard InChI is InChI=1S/C7H8FNO.C2H6/c1-10-6-4-2-3-5(8)7(6)9;1-2/h2-4H,9H2,1H3;1-2H3. The Hall–Kier alpha value is -1.25. The highest BCUT2D eigenvalue weighted by molar-refractivity contribution is 5.52. The van der Waals surface area contributed by atoms with Crippen LogP contribution in [0.2, 0.25) is 0 Å². The van der Waals surface area contributed by atoms with Gasteiger partial charge in [0.2, 0.25) is 0 Å². The fourth-order valence-electron chi connectivity index (χ4n) is 0.695. The number of para-hydroxylation sites is 1. The lowest BCUT2D eigenvalue weighted by atomic mass is 10.3. The van der Waals surface area contributed by atoms with Crippen LogP contribution in [-0.2, 0) is 0 Å². The number of nitrogens with two attached hydrogens (primary N) is 1. The van der Waals surface area contributed by atoms with E-state index in [-0.39, 0.29) is 5.69 Å². The number of rotatable bonds is 1. The van der Waals surface area contributed by atoms with Gasteiger partial charge in [0.1, 0.15) is 17.3 Å². The van der Waals surface area contributed by atoms with Crippen LogP contribution < -0.4 is 10.5 Å². The van der Waals surface area contributed by atoms with Crippen molar-refractivity contribution < 1.29 is 9.13 Å². The molecule has 0 saturated carbocycles. The highest BCUT2D eigenvalue weighted by Crippen LogP contribution is 2.22. The average molecular weight is 171 g/mol. The van der Waals surface area contributed by atoms with E-state index < -0.39 is 5.82 Å². The van der Waals surface area contributed by atoms with Gasteiger partial charge in [0.15, 0.2) is 0 Å². The molecule has 1 rings (SSSR count). The van der Waals surface area contributed by atoms with Crippen molar-refractivity contribution in [1.29, 1.82) is 0 Å². The predicted octanol–water partition coefficient (Wildman–Crippen LogP) is 2.44. The van der Waals surface area contributed by atoms with Gasteiger partial charge in [-0.2, -0.15) is 0 Å². The van der Waals surface area contributed by atoms with Crippen LogP contribution in [0.4, 0.5) is 10.1 Å². The van der Waals surface area contributed by atoms with Gasteiger partial charge in [0.25, 0.3) is 0 Å². The monoisotopic (exact) mass is 171 g/mol. The van der Waals surface area contributed by atoms with E-state index in [4.69, 9.17) is 10.5 Å². The van der Waals surface area contributed by atoms with Crippen molar-refractivity contribution in [3.05, 3.63) is 24.0 Å². The first-order valence-corrected chi connectivity index (χ1v) is 3.83. The van der Waals surface area contributed by atoms with Crippen LogP contribution in [-0.4, -0.2) is 7.11 Å². The van der Waals surface area contributed by atoms with E-state index in [1.807, 2.05) is 13.8 Å². The third kappa shape index (κ3) is 2.42. The van der Waals surface area contributed by atoms with Gasteiger partial charge < -0.3 is 10.5 Å². The molecule has 0 radical (unpaired) electrons. The summed E-state index contributed by atoms with van der Waals surface area (Å²) < 4.78 is 17.3. The summed E-state index contributed by atoms with van der Waals surface area (Å²) >= 11 is 0. The summed E-state index contributed by atoms with van der Waals surface area (Å²) in [7, 11) is 1.45. The number of anilines is 1. The molecule has 0 bridgehead atoms. The molecular formula is C9H14FNO. The van der Waals surface area contributed by atoms with Crippen molar-refractivity contribution in [1.82, 2.24) is 0 Å². The topological polar surface area (TPSA) is 35.2 Å². The summed E-state index contributed by atoms with van der Waals surface area (Å²) in [6.07, 6.45) is 0. The lowest BCUT2D eigenvalue weighted by molar-refractivity contribution is 0.414. The summed E-state index contributed by atoms with van der Waals surface area (Å²) in [5, 5.41) is 0. The van der Waals surface area contributed by atoms with E-state index in [0.29, 0.717) is 5.75 Å². The Bertz CT molecular complexity index is 238. The molecule has 0 aliphatic rings. The number of benzene rings is 1. The molecule has 0 heterocycles. The highest BCUT2D eigenvalue weighted by atomic mass is 19.1. The molecule has 1 aromatic carbocycles. The van der Waals surface area contributed by atoms with E-state index in [0.717, 1.165) is 0 Å². The zero-order valence-corrected chi connectivity index (χ0v) is 7.60. The Labute approximate surface area is 72.2 Å². The zero-order valence-electron chi connectivity index (χ0n) is 7.60. The molecule has 0 spiro atoms. The van der Waals surface area contributed by atoms with Crippen molar-refractivity contribution in [2.45, 2.75) is 13.8 Å². The van der Waals surface area contributed by atoms with Crippen LogP contribution in [0.5, 0.6) is 5.75 Å². The van der Waals surface area contributed by atoms with Crippen molar-refractivity contribution in [3.8, 4) is 5.75 Å². The molecule has 3 heteroatoms. The van der Waals surface area contributed by atoms with Gasteiger partial charge in [-0.05, 0) is 12.1 Å². The smallest absolute Gasteiger partial charge is 0.149 e. The normalized spacial score (nSPS) is 8.33. The maximum absolute atomic E-state index is 12.6. The Kier molecular flexibility index (Phi) is 4.84. The van der Waals surface area contributed by atoms with E-state index >= 15 is 0 Å². The molecular weight excluding hydrogens is 157 g/mol. The number of halogens is 1. The Morgan fingerprint density at radius 2 is 1.92 bits per heavy atom. The molecule has 0 aliphatic heterocycles. The molecule has 0 aliphatic carbocycles. The largest absolute Gasteiger partial charge is 0.494 e. The van der Waals surface area contributed by atoms with Crippen LogP contribution in [0.1, 0.15) is 13.8 Å². The summed E-state index contributed by atoms with van der Waals surface area (Å²) in [5.74, 6) is -0.0700. The second kappa shape index (κ2) is 5.41. The van der Waals surface area contributed by atoms with Gasteiger partial charge in [0.05, 0.1) is 7.11 Å². The minimum absolute atomic E-state index is 0.0602. The van der Waals surface area contributed by atoms with Gasteiger partial charge in [-0.1, -0.05) is 19.9 Å². The number of methoxy groups -OCH3 is 1. The molecule has 1 aromatic rings. The van der Waals surface area contributed by atoms with Crippen LogP contribution >= 0.6 is 0 Å². The van der Waals surface area contributed by atoms with E-state index in [1.54, 1.807) is 12.1 Å². The summed E-state index contributed by atoms with van der Waals surface area (Å²) in [4.78, 5) is 0. The van der Waals surface area contributed by atoms with E-state index in [2.05, 4.69) is 0 Å². The molecule has 2 N–H and O–H groups in total. The lowest BCUT2D eigenvalue weighted by Crippen LogP contribution is -1.94. The molecule has 12 heavy (non-hydrogen) atoms. The maximum Gasteiger partial charge on any atom is 0.149 e. The Morgan fingerprint density at radius 1 is 1.33 bits per heavy atom. The summed E-state index contributed by atoms with van der Waals surface area (Å²) in [5.41, 5.74) is 5.35. The van der Waals surface area contributed by atoms with Crippen molar-refractivity contribution in [2.75, 3.05) is 12.8 Å². The van der Waals surface area contributed by atoms with Gasteiger partial charge in [-0.3, -0.25) is 0 Å². The van der Waals surface area contributed by atoms with Crippen molar-refractivity contribution in [3.63, 3.8) is 0 Å². The minimum Gasteiger partial charge on any atom is -0.494 e. The summed E-state index contributed by atoms with van der Waals surface area (Å²) in [6, 6.07) is 4.45. The fourth-order valence-corrected chi connectivity index (χ4v) is 0.695. The molecule has 0 unspecified atom stereocenters. The van der Waals surface area contributed by atoms with Crippen LogP contribution in [0.3, 0.4) is 0 Å². The van der Waals surface area contributed by atoms with Crippen LogP contribution in [0.15, 0.2) is 18.2 Å². The van der Waals surface area contributed by atoms with Crippen molar-refractivity contribution in [2.24, 2.45) is 0 Å². The van der Waals surface area contributed by atoms with Crippen molar-refractivity contribution >= 4 is 5.69 Å². The fraction of sp³-hybridized carbons (Fsp3) is 0.333. The van der Waals surface area contributed by atoms with Gasteiger partial charge in [-0.15, -0.1) is 0 Å². The second-order valence-corrected chi connectivity index (χ2v) is 1.86. The third-order valence-corrected chi connectivity index (χ3v) is 1.23. The van der Waals surface area contributed by atoms with E-state index in [1.165, 1.54) is 13.2 Å².